The highest BCUT2D eigenvalue weighted by Crippen LogP contribution is 2.20. The van der Waals surface area contributed by atoms with Crippen LogP contribution >= 0.6 is 11.3 Å². The predicted molar refractivity (Wildman–Crippen MR) is 78.6 cm³/mol. The second-order valence-electron chi connectivity index (χ2n) is 4.29. The van der Waals surface area contributed by atoms with Crippen molar-refractivity contribution in [3.63, 3.8) is 0 Å². The molecule has 0 saturated heterocycles. The molecule has 0 bridgehead atoms. The summed E-state index contributed by atoms with van der Waals surface area (Å²) in [6.07, 6.45) is 3.39. The normalized spacial score (nSPS) is 11.4. The first-order valence-electron chi connectivity index (χ1n) is 6.00. The van der Waals surface area contributed by atoms with Gasteiger partial charge in [0.2, 0.25) is 5.78 Å². The van der Waals surface area contributed by atoms with Crippen molar-refractivity contribution >= 4 is 34.2 Å². The zero-order valence-electron chi connectivity index (χ0n) is 10.4. The van der Waals surface area contributed by atoms with E-state index in [1.807, 2.05) is 49.4 Å². The van der Waals surface area contributed by atoms with Crippen LogP contribution in [0.2, 0.25) is 0 Å². The molecule has 2 aromatic heterocycles. The molecule has 0 aliphatic rings. The number of furan rings is 1. The van der Waals surface area contributed by atoms with Crippen molar-refractivity contribution in [1.29, 1.82) is 0 Å². The average Bonchev–Trinajstić information content (AvgIpc) is 3.01. The molecule has 0 N–H and O–H groups in total. The number of fused-ring (bicyclic) bond motifs is 1. The second-order valence-corrected chi connectivity index (χ2v) is 5.61. The Kier molecular flexibility index (Phi) is 3.05. The summed E-state index contributed by atoms with van der Waals surface area (Å²) >= 11 is 1.66. The Balaban J connectivity index is 1.85. The van der Waals surface area contributed by atoms with Crippen LogP contribution in [0.4, 0.5) is 0 Å². The third-order valence-corrected chi connectivity index (χ3v) is 3.79. The minimum absolute atomic E-state index is 0.109. The topological polar surface area (TPSA) is 30.2 Å². The average molecular weight is 268 g/mol. The van der Waals surface area contributed by atoms with Gasteiger partial charge in [0.15, 0.2) is 5.76 Å². The fraction of sp³-hybridized carbons (Fsp3) is 0.0625. The molecule has 0 aliphatic carbocycles. The summed E-state index contributed by atoms with van der Waals surface area (Å²) in [5, 5.41) is 0.950. The van der Waals surface area contributed by atoms with Crippen LogP contribution in [0.5, 0.6) is 0 Å². The number of para-hydroxylation sites is 1. The molecule has 2 nitrogen and oxygen atoms in total. The van der Waals surface area contributed by atoms with Crippen LogP contribution in [-0.4, -0.2) is 5.78 Å². The standard InChI is InChI=1S/C16H12O2S/c1-11-6-7-13(19-11)8-9-14(17)16-10-12-4-2-3-5-15(12)18-16/h2-10H,1H3/b9-8+. The first kappa shape index (κ1) is 11.9. The SMILES string of the molecule is Cc1ccc(/C=C/C(=O)c2cc3ccccc3o2)s1. The van der Waals surface area contributed by atoms with Crippen molar-refractivity contribution < 1.29 is 9.21 Å². The van der Waals surface area contributed by atoms with Crippen molar-refractivity contribution in [1.82, 2.24) is 0 Å². The molecule has 94 valence electrons. The molecule has 1 aromatic carbocycles. The lowest BCUT2D eigenvalue weighted by molar-refractivity contribution is 0.102. The Morgan fingerprint density at radius 3 is 2.79 bits per heavy atom. The predicted octanol–water partition coefficient (Wildman–Crippen LogP) is 4.70. The first-order valence-corrected chi connectivity index (χ1v) is 6.81. The minimum Gasteiger partial charge on any atom is -0.453 e. The van der Waals surface area contributed by atoms with E-state index in [4.69, 9.17) is 4.42 Å². The van der Waals surface area contributed by atoms with Crippen LogP contribution in [-0.2, 0) is 0 Å². The van der Waals surface area contributed by atoms with Crippen molar-refractivity contribution in [3.8, 4) is 0 Å². The van der Waals surface area contributed by atoms with Gasteiger partial charge in [0.25, 0.3) is 0 Å². The highest BCUT2D eigenvalue weighted by Gasteiger charge is 2.08. The zero-order chi connectivity index (χ0) is 13.2. The summed E-state index contributed by atoms with van der Waals surface area (Å²) in [5.74, 6) is 0.271. The van der Waals surface area contributed by atoms with E-state index >= 15 is 0 Å². The van der Waals surface area contributed by atoms with E-state index < -0.39 is 0 Å². The number of aryl methyl sites for hydroxylation is 1. The third-order valence-electron chi connectivity index (χ3n) is 2.83. The van der Waals surface area contributed by atoms with Gasteiger partial charge in [-0.25, -0.2) is 0 Å². The van der Waals surface area contributed by atoms with Gasteiger partial charge in [0, 0.05) is 15.1 Å². The Morgan fingerprint density at radius 2 is 2.05 bits per heavy atom. The smallest absolute Gasteiger partial charge is 0.221 e. The van der Waals surface area contributed by atoms with Gasteiger partial charge in [-0.05, 0) is 43.3 Å². The largest absolute Gasteiger partial charge is 0.453 e. The van der Waals surface area contributed by atoms with Gasteiger partial charge in [0.05, 0.1) is 0 Å². The Labute approximate surface area is 115 Å². The van der Waals surface area contributed by atoms with Crippen LogP contribution in [0.15, 0.2) is 53.0 Å². The summed E-state index contributed by atoms with van der Waals surface area (Å²) in [6, 6.07) is 13.4. The van der Waals surface area contributed by atoms with Gasteiger partial charge in [0.1, 0.15) is 5.58 Å². The maximum Gasteiger partial charge on any atom is 0.221 e. The molecular formula is C16H12O2S. The maximum absolute atomic E-state index is 12.0. The number of hydrogen-bond donors (Lipinski definition) is 0. The lowest BCUT2D eigenvalue weighted by atomic mass is 10.2. The molecule has 0 radical (unpaired) electrons. The molecule has 0 atom stereocenters. The van der Waals surface area contributed by atoms with Crippen molar-refractivity contribution in [2.24, 2.45) is 0 Å². The summed E-state index contributed by atoms with van der Waals surface area (Å²) in [5.41, 5.74) is 0.742. The highest BCUT2D eigenvalue weighted by molar-refractivity contribution is 7.12. The summed E-state index contributed by atoms with van der Waals surface area (Å²) in [6.45, 7) is 2.04. The number of rotatable bonds is 3. The van der Waals surface area contributed by atoms with Gasteiger partial charge >= 0.3 is 0 Å². The fourth-order valence-electron chi connectivity index (χ4n) is 1.89. The van der Waals surface area contributed by atoms with Crippen molar-refractivity contribution in [2.45, 2.75) is 6.92 Å². The van der Waals surface area contributed by atoms with Gasteiger partial charge in [-0.1, -0.05) is 18.2 Å². The quantitative estimate of drug-likeness (QED) is 0.509. The summed E-state index contributed by atoms with van der Waals surface area (Å²) in [7, 11) is 0. The van der Waals surface area contributed by atoms with E-state index in [0.717, 1.165) is 15.8 Å². The van der Waals surface area contributed by atoms with Gasteiger partial charge in [-0.2, -0.15) is 0 Å². The fourth-order valence-corrected chi connectivity index (χ4v) is 2.67. The van der Waals surface area contributed by atoms with Crippen LogP contribution in [0.1, 0.15) is 20.3 Å². The molecule has 0 amide bonds. The van der Waals surface area contributed by atoms with Crippen LogP contribution < -0.4 is 0 Å². The third kappa shape index (κ3) is 2.51. The van der Waals surface area contributed by atoms with Crippen molar-refractivity contribution in [2.75, 3.05) is 0 Å². The van der Waals surface area contributed by atoms with Crippen LogP contribution in [0.3, 0.4) is 0 Å². The lowest BCUT2D eigenvalue weighted by Crippen LogP contribution is -1.89. The van der Waals surface area contributed by atoms with E-state index in [1.165, 1.54) is 4.88 Å². The van der Waals surface area contributed by atoms with Gasteiger partial charge < -0.3 is 4.42 Å². The molecule has 3 aromatic rings. The van der Waals surface area contributed by atoms with Crippen LogP contribution in [0, 0.1) is 6.92 Å². The van der Waals surface area contributed by atoms with E-state index in [0.29, 0.717) is 5.76 Å². The lowest BCUT2D eigenvalue weighted by Gasteiger charge is -1.87. The monoisotopic (exact) mass is 268 g/mol. The number of allylic oxidation sites excluding steroid dienone is 1. The number of thiophene rings is 1. The molecule has 3 rings (SSSR count). The Morgan fingerprint density at radius 1 is 1.21 bits per heavy atom. The maximum atomic E-state index is 12.0. The Hall–Kier alpha value is -2.13. The zero-order valence-corrected chi connectivity index (χ0v) is 11.2. The van der Waals surface area contributed by atoms with Gasteiger partial charge in [-0.3, -0.25) is 4.79 Å². The first-order chi connectivity index (χ1) is 9.22. The molecule has 2 heterocycles. The van der Waals surface area contributed by atoms with E-state index in [1.54, 1.807) is 23.5 Å². The Bertz CT molecular complexity index is 729. The number of benzene rings is 1. The number of hydrogen-bond acceptors (Lipinski definition) is 3. The molecule has 0 saturated carbocycles. The number of carbonyl (C=O) groups is 1. The second kappa shape index (κ2) is 4.86. The molecule has 0 fully saturated rings. The minimum atomic E-state index is -0.109. The van der Waals surface area contributed by atoms with E-state index in [9.17, 15) is 4.79 Å². The molecule has 3 heteroatoms. The van der Waals surface area contributed by atoms with E-state index in [2.05, 4.69) is 0 Å². The number of carbonyl (C=O) groups excluding carboxylic acids is 1. The highest BCUT2D eigenvalue weighted by atomic mass is 32.1. The molecule has 19 heavy (non-hydrogen) atoms. The van der Waals surface area contributed by atoms with Crippen molar-refractivity contribution in [3.05, 3.63) is 64.1 Å². The molecule has 0 unspecified atom stereocenters. The number of ketones is 1. The molecule has 0 aliphatic heterocycles. The van der Waals surface area contributed by atoms with E-state index in [-0.39, 0.29) is 5.78 Å². The summed E-state index contributed by atoms with van der Waals surface area (Å²) in [4.78, 5) is 14.3. The van der Waals surface area contributed by atoms with Gasteiger partial charge in [-0.15, -0.1) is 11.3 Å². The molecule has 0 spiro atoms. The summed E-state index contributed by atoms with van der Waals surface area (Å²) < 4.78 is 5.53. The van der Waals surface area contributed by atoms with Crippen LogP contribution in [0.25, 0.3) is 17.0 Å². The molecular weight excluding hydrogens is 256 g/mol.